The van der Waals surface area contributed by atoms with Gasteiger partial charge in [0.2, 0.25) is 5.91 Å². The summed E-state index contributed by atoms with van der Waals surface area (Å²) in [7, 11) is 0. The van der Waals surface area contributed by atoms with Gasteiger partial charge in [0.05, 0.1) is 6.61 Å². The minimum Gasteiger partial charge on any atom is -0.450 e. The molecule has 2 aromatic rings. The maximum Gasteiger partial charge on any atom is 0.506 e. The highest BCUT2D eigenvalue weighted by Gasteiger charge is 2.59. The van der Waals surface area contributed by atoms with Crippen LogP contribution in [0, 0.1) is 11.8 Å². The van der Waals surface area contributed by atoms with Crippen molar-refractivity contribution in [1.29, 1.82) is 0 Å². The average molecular weight is 609 g/mol. The molecule has 44 heavy (non-hydrogen) atoms. The summed E-state index contributed by atoms with van der Waals surface area (Å²) in [4.78, 5) is 65.1. The summed E-state index contributed by atoms with van der Waals surface area (Å²) in [5, 5.41) is 11.9. The van der Waals surface area contributed by atoms with Crippen molar-refractivity contribution in [2.24, 2.45) is 11.8 Å². The number of piperidine rings is 1. The maximum absolute atomic E-state index is 13.6. The van der Waals surface area contributed by atoms with E-state index in [0.717, 1.165) is 18.4 Å². The molecule has 3 amide bonds. The molecule has 236 valence electrons. The molecule has 3 heterocycles. The fourth-order valence-corrected chi connectivity index (χ4v) is 5.88. The third-order valence-corrected chi connectivity index (χ3v) is 8.41. The van der Waals surface area contributed by atoms with Crippen LogP contribution in [-0.2, 0) is 14.3 Å². The number of rotatable bonds is 11. The fourth-order valence-electron chi connectivity index (χ4n) is 5.88. The van der Waals surface area contributed by atoms with Gasteiger partial charge in [-0.05, 0) is 12.8 Å². The van der Waals surface area contributed by atoms with E-state index in [0.29, 0.717) is 70.4 Å². The Hall–Kier alpha value is -4.42. The van der Waals surface area contributed by atoms with E-state index >= 15 is 0 Å². The molecule has 13 nitrogen and oxygen atoms in total. The van der Waals surface area contributed by atoms with Gasteiger partial charge in [-0.2, -0.15) is 0 Å². The van der Waals surface area contributed by atoms with E-state index in [1.54, 1.807) is 15.9 Å². The van der Waals surface area contributed by atoms with Crippen molar-refractivity contribution in [3.05, 3.63) is 42.1 Å². The summed E-state index contributed by atoms with van der Waals surface area (Å²) in [6, 6.07) is 10.2. The molecule has 0 radical (unpaired) electrons. The van der Waals surface area contributed by atoms with E-state index in [1.165, 1.54) is 0 Å². The van der Waals surface area contributed by atoms with Gasteiger partial charge in [-0.3, -0.25) is 9.59 Å². The highest BCUT2D eigenvalue weighted by Crippen LogP contribution is 2.48. The van der Waals surface area contributed by atoms with Crippen LogP contribution >= 0.6 is 0 Å². The molecule has 1 unspecified atom stereocenters. The molecule has 2 aliphatic heterocycles. The normalized spacial score (nSPS) is 21.3. The van der Waals surface area contributed by atoms with Gasteiger partial charge in [0.25, 0.3) is 5.91 Å². The first kappa shape index (κ1) is 31.0. The number of nitrogens with zero attached hydrogens (tertiary/aromatic N) is 5. The van der Waals surface area contributed by atoms with Gasteiger partial charge in [0, 0.05) is 62.7 Å². The molecule has 0 bridgehead atoms. The van der Waals surface area contributed by atoms with Gasteiger partial charge >= 0.3 is 12.2 Å². The van der Waals surface area contributed by atoms with Crippen LogP contribution < -0.4 is 10.2 Å². The van der Waals surface area contributed by atoms with Crippen LogP contribution in [0.15, 0.2) is 36.4 Å². The second-order valence-electron chi connectivity index (χ2n) is 11.5. The molecule has 1 saturated carbocycles. The molecule has 2 saturated heterocycles. The first-order valence-corrected chi connectivity index (χ1v) is 15.4. The summed E-state index contributed by atoms with van der Waals surface area (Å²) >= 11 is 0. The molecule has 1 aromatic carbocycles. The number of piperazine rings is 1. The molecule has 4 atom stereocenters. The van der Waals surface area contributed by atoms with E-state index in [-0.39, 0.29) is 35.6 Å². The summed E-state index contributed by atoms with van der Waals surface area (Å²) in [5.74, 6) is 0.443. The van der Waals surface area contributed by atoms with E-state index < -0.39 is 18.1 Å². The summed E-state index contributed by atoms with van der Waals surface area (Å²) in [6.45, 7) is 6.94. The van der Waals surface area contributed by atoms with Crippen LogP contribution in [-0.4, -0.2) is 107 Å². The first-order chi connectivity index (χ1) is 21.3. The van der Waals surface area contributed by atoms with Crippen molar-refractivity contribution in [3.63, 3.8) is 0 Å². The topological polar surface area (TPSA) is 154 Å². The molecule has 5 rings (SSSR count). The average Bonchev–Trinajstić information content (AvgIpc) is 3.45. The lowest BCUT2D eigenvalue weighted by atomic mass is 10.1. The number of unbranched alkanes of at least 4 members (excludes halogenated alkanes) is 1. The Kier molecular flexibility index (Phi) is 9.81. The number of carbonyl (C=O) groups excluding carboxylic acids is 3. The number of benzene rings is 1. The molecular formula is C31H40N6O7. The van der Waals surface area contributed by atoms with Crippen LogP contribution in [0.1, 0.15) is 50.0 Å². The van der Waals surface area contributed by atoms with Crippen LogP contribution in [0.4, 0.5) is 15.4 Å². The monoisotopic (exact) mass is 608 g/mol. The zero-order valence-electron chi connectivity index (χ0n) is 25.2. The lowest BCUT2D eigenvalue weighted by Gasteiger charge is -2.36. The second kappa shape index (κ2) is 13.9. The number of anilines is 1. The van der Waals surface area contributed by atoms with Crippen molar-refractivity contribution < 1.29 is 33.8 Å². The van der Waals surface area contributed by atoms with E-state index in [2.05, 4.69) is 10.3 Å². The third-order valence-electron chi connectivity index (χ3n) is 8.41. The van der Waals surface area contributed by atoms with Crippen molar-refractivity contribution in [1.82, 2.24) is 25.1 Å². The van der Waals surface area contributed by atoms with Crippen LogP contribution in [0.2, 0.25) is 0 Å². The number of aromatic nitrogens is 2. The van der Waals surface area contributed by atoms with Gasteiger partial charge in [0.15, 0.2) is 5.82 Å². The largest absolute Gasteiger partial charge is 0.506 e. The standard InChI is InChI=1S/C31H40N6O7/c1-3-5-16-43-30(40)36-14-12-35(13-15-36)29(39)23(9-4-2)33-28(38)24-17-25(34-27(32-24)20-10-7-6-8-11-20)37-18-21-22(19-37)26(21)44-31(41)42/h6-8,10-11,17,21-23,26H,3-5,9,12-16,18-19H2,1-2H3,(H,33,38)(H,41,42)/t21-,22+,23-,26?/m0/s1. The minimum absolute atomic E-state index is 0.0868. The Balaban J connectivity index is 1.27. The number of amides is 3. The maximum atomic E-state index is 13.6. The van der Waals surface area contributed by atoms with Crippen LogP contribution in [0.25, 0.3) is 11.4 Å². The predicted molar refractivity (Wildman–Crippen MR) is 160 cm³/mol. The molecule has 3 aliphatic rings. The zero-order chi connectivity index (χ0) is 31.2. The van der Waals surface area contributed by atoms with Crippen molar-refractivity contribution in [2.45, 2.75) is 51.7 Å². The SMILES string of the molecule is CCCCOC(=O)N1CCN(C(=O)[C@H](CCC)NC(=O)c2cc(N3C[C@@H]4C(OC(=O)O)[C@@H]4C3)nc(-c3ccccc3)n2)CC1. The highest BCUT2D eigenvalue weighted by molar-refractivity contribution is 5.97. The number of hydrogen-bond acceptors (Lipinski definition) is 9. The summed E-state index contributed by atoms with van der Waals surface area (Å²) < 4.78 is 10.3. The molecule has 1 aliphatic carbocycles. The number of carboxylic acid groups (broad SMARTS) is 1. The van der Waals surface area contributed by atoms with Gasteiger partial charge in [-0.15, -0.1) is 0 Å². The molecule has 13 heteroatoms. The Morgan fingerprint density at radius 2 is 1.66 bits per heavy atom. The van der Waals surface area contributed by atoms with Gasteiger partial charge in [-0.1, -0.05) is 57.0 Å². The lowest BCUT2D eigenvalue weighted by molar-refractivity contribution is -0.135. The zero-order valence-corrected chi connectivity index (χ0v) is 25.2. The minimum atomic E-state index is -1.27. The number of carbonyl (C=O) groups is 4. The first-order valence-electron chi connectivity index (χ1n) is 15.4. The molecule has 1 aromatic heterocycles. The number of nitrogens with one attached hydrogen (secondary N) is 1. The van der Waals surface area contributed by atoms with Crippen molar-refractivity contribution in [3.8, 4) is 11.4 Å². The smallest absolute Gasteiger partial charge is 0.450 e. The molecule has 3 fully saturated rings. The van der Waals surface area contributed by atoms with Crippen LogP contribution in [0.5, 0.6) is 0 Å². The summed E-state index contributed by atoms with van der Waals surface area (Å²) in [5.41, 5.74) is 0.883. The van der Waals surface area contributed by atoms with Crippen molar-refractivity contribution >= 4 is 29.9 Å². The highest BCUT2D eigenvalue weighted by atomic mass is 16.7. The van der Waals surface area contributed by atoms with Crippen molar-refractivity contribution in [2.75, 3.05) is 50.8 Å². The molecule has 2 N–H and O–H groups in total. The fraction of sp³-hybridized carbons (Fsp3) is 0.548. The van der Waals surface area contributed by atoms with E-state index in [4.69, 9.17) is 19.6 Å². The molecular weight excluding hydrogens is 568 g/mol. The number of fused-ring (bicyclic) bond motifs is 1. The third kappa shape index (κ3) is 7.20. The Labute approximate surface area is 256 Å². The summed E-state index contributed by atoms with van der Waals surface area (Å²) in [6.07, 6.45) is 0.938. The second-order valence-corrected chi connectivity index (χ2v) is 11.5. The quantitative estimate of drug-likeness (QED) is 0.287. The number of ether oxygens (including phenoxy) is 2. The van der Waals surface area contributed by atoms with Gasteiger partial charge < -0.3 is 34.6 Å². The predicted octanol–water partition coefficient (Wildman–Crippen LogP) is 3.25. The lowest BCUT2D eigenvalue weighted by Crippen LogP contribution is -2.56. The van der Waals surface area contributed by atoms with Gasteiger partial charge in [-0.25, -0.2) is 19.6 Å². The molecule has 0 spiro atoms. The van der Waals surface area contributed by atoms with Gasteiger partial charge in [0.1, 0.15) is 23.7 Å². The Morgan fingerprint density at radius 1 is 0.977 bits per heavy atom. The van der Waals surface area contributed by atoms with E-state index in [1.807, 2.05) is 49.1 Å². The Bertz CT molecular complexity index is 1340. The number of hydrogen-bond donors (Lipinski definition) is 2. The van der Waals surface area contributed by atoms with E-state index in [9.17, 15) is 19.2 Å². The Morgan fingerprint density at radius 3 is 2.30 bits per heavy atom. The van der Waals surface area contributed by atoms with Crippen LogP contribution in [0.3, 0.4) is 0 Å².